The maximum atomic E-state index is 14.8. The van der Waals surface area contributed by atoms with Crippen molar-refractivity contribution < 1.29 is 33.1 Å². The number of aromatic nitrogens is 1. The summed E-state index contributed by atoms with van der Waals surface area (Å²) >= 11 is 0. The highest BCUT2D eigenvalue weighted by atomic mass is 16.6. The Bertz CT molecular complexity index is 1660. The molecule has 1 saturated heterocycles. The number of imide groups is 1. The van der Waals surface area contributed by atoms with Gasteiger partial charge in [-0.1, -0.05) is 82.2 Å². The number of likely N-dealkylation sites (tertiary alicyclic amines) is 1. The summed E-state index contributed by atoms with van der Waals surface area (Å²) in [6.07, 6.45) is 7.31. The van der Waals surface area contributed by atoms with Crippen molar-refractivity contribution in [2.24, 2.45) is 11.3 Å². The van der Waals surface area contributed by atoms with Gasteiger partial charge in [-0.05, 0) is 55.2 Å². The van der Waals surface area contributed by atoms with Crippen LogP contribution in [0.15, 0.2) is 61.7 Å². The zero-order valence-electron chi connectivity index (χ0n) is 28.1. The fourth-order valence-corrected chi connectivity index (χ4v) is 7.33. The van der Waals surface area contributed by atoms with E-state index in [0.29, 0.717) is 18.7 Å². The molecule has 1 saturated carbocycles. The highest BCUT2D eigenvalue weighted by Crippen LogP contribution is 2.38. The zero-order chi connectivity index (χ0) is 33.8. The Hall–Kier alpha value is -4.24. The van der Waals surface area contributed by atoms with E-state index in [1.807, 2.05) is 63.2 Å². The number of alkyl carbamates (subject to hydrolysis) is 1. The number of methoxy groups -OCH3 is 1. The number of ether oxygens (including phenoxy) is 3. The van der Waals surface area contributed by atoms with Crippen molar-refractivity contribution >= 4 is 45.8 Å². The van der Waals surface area contributed by atoms with Crippen LogP contribution in [-0.2, 0) is 14.3 Å². The van der Waals surface area contributed by atoms with Crippen LogP contribution in [0.25, 0.3) is 27.8 Å². The molecule has 0 radical (unpaired) electrons. The van der Waals surface area contributed by atoms with E-state index in [2.05, 4.69) is 18.5 Å². The number of hydrogen-bond donors (Lipinski definition) is 1. The highest BCUT2D eigenvalue weighted by Gasteiger charge is 2.61. The fraction of sp³-hybridized carbons (Fsp3) is 0.474. The van der Waals surface area contributed by atoms with Gasteiger partial charge in [0.15, 0.2) is 12.1 Å². The number of benzene rings is 2. The number of allylic oxidation sites excluding steroid dienone is 1. The molecule has 250 valence electrons. The molecule has 2 heterocycles. The summed E-state index contributed by atoms with van der Waals surface area (Å²) in [5.74, 6) is -0.0836. The minimum atomic E-state index is -0.916. The molecule has 1 aliphatic heterocycles. The van der Waals surface area contributed by atoms with Crippen molar-refractivity contribution in [3.63, 3.8) is 0 Å². The largest absolute Gasteiger partial charge is 0.523 e. The standard InChI is InChI=1S/C38H47N3O6/c1-7-20-38(4,5)24-46-36(43)40-33(27-14-10-9-11-15-27)35(42)41(37(44)45-6)23-28(21-25(41)3)47-34-31-22-26(8-2)18-19-29(31)30-16-12-13-17-32(30)39-34/h7-8,12-13,16-19,22,25,27-28,33H,1-2,9-11,14-15,20-21,23-24H2,3-6H3/p+1/t25-,28-,33+,41?/m1/s1. The Morgan fingerprint density at radius 2 is 1.81 bits per heavy atom. The SMILES string of the molecule is C=CCC(C)(C)COC(=O)N[C@H](C(=O)[N+]1(C(=O)OC)C[C@H](Oc2nc3ccccc3c3ccc(C=C)cc23)C[C@H]1C)C1CCCCC1. The Balaban J connectivity index is 1.46. The van der Waals surface area contributed by atoms with Gasteiger partial charge in [-0.2, -0.15) is 9.28 Å². The molecule has 9 heteroatoms. The fourth-order valence-electron chi connectivity index (χ4n) is 7.33. The molecule has 2 aromatic carbocycles. The monoisotopic (exact) mass is 642 g/mol. The zero-order valence-corrected chi connectivity index (χ0v) is 28.1. The van der Waals surface area contributed by atoms with Crippen molar-refractivity contribution in [3.8, 4) is 5.88 Å². The molecule has 4 atom stereocenters. The van der Waals surface area contributed by atoms with Crippen LogP contribution < -0.4 is 10.1 Å². The van der Waals surface area contributed by atoms with Crippen LogP contribution in [0.4, 0.5) is 9.59 Å². The Morgan fingerprint density at radius 1 is 1.06 bits per heavy atom. The first-order valence-electron chi connectivity index (χ1n) is 16.7. The third-order valence-corrected chi connectivity index (χ3v) is 9.90. The van der Waals surface area contributed by atoms with Crippen LogP contribution >= 0.6 is 0 Å². The molecule has 2 fully saturated rings. The van der Waals surface area contributed by atoms with Gasteiger partial charge in [0.25, 0.3) is 0 Å². The molecule has 2 aliphatic rings. The lowest BCUT2D eigenvalue weighted by Crippen LogP contribution is -2.66. The van der Waals surface area contributed by atoms with Gasteiger partial charge >= 0.3 is 18.1 Å². The van der Waals surface area contributed by atoms with Crippen LogP contribution in [0.3, 0.4) is 0 Å². The number of nitrogens with one attached hydrogen (secondary N) is 1. The first-order chi connectivity index (χ1) is 22.5. The topological polar surface area (TPSA) is 104 Å². The average Bonchev–Trinajstić information content (AvgIpc) is 3.41. The lowest BCUT2D eigenvalue weighted by atomic mass is 9.83. The summed E-state index contributed by atoms with van der Waals surface area (Å²) in [7, 11) is 1.30. The van der Waals surface area contributed by atoms with E-state index in [0.717, 1.165) is 59.3 Å². The summed E-state index contributed by atoms with van der Waals surface area (Å²) in [6.45, 7) is 13.8. The summed E-state index contributed by atoms with van der Waals surface area (Å²) in [5, 5.41) is 5.72. The number of hydrogen-bond acceptors (Lipinski definition) is 7. The van der Waals surface area contributed by atoms with Crippen LogP contribution in [0.5, 0.6) is 5.88 Å². The number of rotatable bonds is 10. The Labute approximate surface area is 277 Å². The van der Waals surface area contributed by atoms with E-state index in [1.54, 1.807) is 12.2 Å². The van der Waals surface area contributed by atoms with Gasteiger partial charge in [-0.15, -0.1) is 6.58 Å². The number of amides is 3. The minimum absolute atomic E-state index is 0.0517. The number of nitrogens with zero attached hydrogens (tertiary/aromatic N) is 2. The van der Waals surface area contributed by atoms with Crippen molar-refractivity contribution in [1.29, 1.82) is 0 Å². The molecule has 0 bridgehead atoms. The molecule has 1 aliphatic carbocycles. The maximum absolute atomic E-state index is 14.8. The van der Waals surface area contributed by atoms with E-state index < -0.39 is 40.8 Å². The molecule has 1 unspecified atom stereocenters. The van der Waals surface area contributed by atoms with Crippen molar-refractivity contribution in [2.45, 2.75) is 83.9 Å². The van der Waals surface area contributed by atoms with Gasteiger partial charge < -0.3 is 19.5 Å². The number of para-hydroxylation sites is 1. The molecule has 9 nitrogen and oxygen atoms in total. The molecule has 5 rings (SSSR count). The van der Waals surface area contributed by atoms with Gasteiger partial charge in [0, 0.05) is 22.6 Å². The second kappa shape index (κ2) is 14.3. The molecule has 1 aromatic heterocycles. The van der Waals surface area contributed by atoms with Crippen molar-refractivity contribution in [1.82, 2.24) is 10.3 Å². The first kappa shape index (κ1) is 34.1. The smallest absolute Gasteiger partial charge is 0.468 e. The van der Waals surface area contributed by atoms with Crippen molar-refractivity contribution in [2.75, 3.05) is 20.3 Å². The molecule has 3 aromatic rings. The van der Waals surface area contributed by atoms with Crippen molar-refractivity contribution in [3.05, 3.63) is 67.3 Å². The molecular weight excluding hydrogens is 594 g/mol. The van der Waals surface area contributed by atoms with E-state index >= 15 is 0 Å². The van der Waals surface area contributed by atoms with E-state index in [9.17, 15) is 14.4 Å². The van der Waals surface area contributed by atoms with E-state index in [4.69, 9.17) is 19.2 Å². The van der Waals surface area contributed by atoms with Gasteiger partial charge in [0.1, 0.15) is 12.6 Å². The second-order valence-electron chi connectivity index (χ2n) is 13.9. The van der Waals surface area contributed by atoms with Crippen LogP contribution in [0.2, 0.25) is 0 Å². The van der Waals surface area contributed by atoms with E-state index in [1.165, 1.54) is 7.11 Å². The van der Waals surface area contributed by atoms with Gasteiger partial charge in [-0.25, -0.2) is 14.6 Å². The summed E-state index contributed by atoms with van der Waals surface area (Å²) in [5.41, 5.74) is 1.41. The number of quaternary nitrogens is 1. The third kappa shape index (κ3) is 7.05. The third-order valence-electron chi connectivity index (χ3n) is 9.90. The van der Waals surface area contributed by atoms with Crippen LogP contribution in [-0.4, -0.2) is 66.0 Å². The highest BCUT2D eigenvalue weighted by molar-refractivity contribution is 6.08. The Kier molecular flexibility index (Phi) is 10.3. The van der Waals surface area contributed by atoms with Gasteiger partial charge in [-0.3, -0.25) is 0 Å². The predicted octanol–water partition coefficient (Wildman–Crippen LogP) is 7.96. The van der Waals surface area contributed by atoms with Gasteiger partial charge in [0.05, 0.1) is 19.2 Å². The average molecular weight is 643 g/mol. The van der Waals surface area contributed by atoms with Gasteiger partial charge in [0.2, 0.25) is 5.88 Å². The maximum Gasteiger partial charge on any atom is 0.523 e. The summed E-state index contributed by atoms with van der Waals surface area (Å²) in [4.78, 5) is 46.6. The number of fused-ring (bicyclic) bond motifs is 3. The molecular formula is C38H48N3O6+. The molecule has 0 spiro atoms. The van der Waals surface area contributed by atoms with E-state index in [-0.39, 0.29) is 24.5 Å². The number of carbonyl (C=O) groups is 3. The van der Waals surface area contributed by atoms with Crippen LogP contribution in [0.1, 0.15) is 71.3 Å². The molecule has 1 N–H and O–H groups in total. The second-order valence-corrected chi connectivity index (χ2v) is 13.9. The normalized spacial score (nSPS) is 22.4. The predicted molar refractivity (Wildman–Crippen MR) is 184 cm³/mol. The first-order valence-corrected chi connectivity index (χ1v) is 16.7. The van der Waals surface area contributed by atoms with Crippen LogP contribution in [0, 0.1) is 11.3 Å². The minimum Gasteiger partial charge on any atom is -0.468 e. The number of carbonyl (C=O) groups excluding carboxylic acids is 3. The number of pyridine rings is 1. The molecule has 47 heavy (non-hydrogen) atoms. The lowest BCUT2D eigenvalue weighted by Gasteiger charge is -2.37. The lowest BCUT2D eigenvalue weighted by molar-refractivity contribution is -0.794. The summed E-state index contributed by atoms with van der Waals surface area (Å²) in [6, 6.07) is 12.5. The molecule has 3 amide bonds. The summed E-state index contributed by atoms with van der Waals surface area (Å²) < 4.78 is 17.0. The Morgan fingerprint density at radius 3 is 2.51 bits per heavy atom. The quantitative estimate of drug-likeness (QED) is 0.136.